The molecule has 0 aliphatic heterocycles. The molecule has 2 aromatic carbocycles. The van der Waals surface area contributed by atoms with Gasteiger partial charge in [-0.2, -0.15) is 0 Å². The summed E-state index contributed by atoms with van der Waals surface area (Å²) in [5, 5.41) is 5.34. The first kappa shape index (κ1) is 16.0. The SMILES string of the molecule is O=C(NCc1ccccc1F)C(=O)NCc1ccccc1Cl. The van der Waals surface area contributed by atoms with E-state index in [-0.39, 0.29) is 13.1 Å². The van der Waals surface area contributed by atoms with Crippen LogP contribution >= 0.6 is 11.6 Å². The Kier molecular flexibility index (Phi) is 5.49. The van der Waals surface area contributed by atoms with Crippen LogP contribution in [0, 0.1) is 5.82 Å². The van der Waals surface area contributed by atoms with Crippen molar-refractivity contribution in [1.29, 1.82) is 0 Å². The fourth-order valence-corrected chi connectivity index (χ4v) is 2.00. The first-order valence-corrected chi connectivity index (χ1v) is 6.98. The molecule has 4 nitrogen and oxygen atoms in total. The van der Waals surface area contributed by atoms with Gasteiger partial charge in [0, 0.05) is 23.7 Å². The Bertz CT molecular complexity index is 632. The number of hydrogen-bond acceptors (Lipinski definition) is 2. The molecular formula is C16H14ClFN2O2. The third kappa shape index (κ3) is 4.30. The van der Waals surface area contributed by atoms with Crippen LogP contribution in [0.3, 0.4) is 0 Å². The predicted molar refractivity (Wildman–Crippen MR) is 81.5 cm³/mol. The van der Waals surface area contributed by atoms with Crippen LogP contribution in [-0.4, -0.2) is 11.8 Å². The molecule has 0 saturated carbocycles. The molecule has 0 radical (unpaired) electrons. The summed E-state index contributed by atoms with van der Waals surface area (Å²) in [6.07, 6.45) is 0. The van der Waals surface area contributed by atoms with Crippen LogP contribution in [0.4, 0.5) is 4.39 Å². The van der Waals surface area contributed by atoms with Gasteiger partial charge in [0.15, 0.2) is 0 Å². The van der Waals surface area contributed by atoms with E-state index >= 15 is 0 Å². The second-order valence-corrected chi connectivity index (χ2v) is 4.96. The van der Waals surface area contributed by atoms with Gasteiger partial charge in [-0.05, 0) is 17.7 Å². The standard InChI is InChI=1S/C16H14ClFN2O2/c17-13-7-3-1-5-11(13)9-19-15(21)16(22)20-10-12-6-2-4-8-14(12)18/h1-8H,9-10H2,(H,19,21)(H,20,22). The molecule has 0 fully saturated rings. The summed E-state index contributed by atoms with van der Waals surface area (Å²) in [5.74, 6) is -2.05. The van der Waals surface area contributed by atoms with Crippen molar-refractivity contribution in [2.45, 2.75) is 13.1 Å². The summed E-state index contributed by atoms with van der Waals surface area (Å²) in [5.41, 5.74) is 1.02. The van der Waals surface area contributed by atoms with Crippen molar-refractivity contribution < 1.29 is 14.0 Å². The zero-order chi connectivity index (χ0) is 15.9. The Morgan fingerprint density at radius 1 is 0.864 bits per heavy atom. The van der Waals surface area contributed by atoms with Gasteiger partial charge < -0.3 is 10.6 Å². The summed E-state index contributed by atoms with van der Waals surface area (Å²) in [7, 11) is 0. The molecule has 0 bridgehead atoms. The Morgan fingerprint density at radius 3 is 1.95 bits per heavy atom. The second kappa shape index (κ2) is 7.56. The van der Waals surface area contributed by atoms with Crippen LogP contribution in [0.2, 0.25) is 5.02 Å². The van der Waals surface area contributed by atoms with Gasteiger partial charge >= 0.3 is 11.8 Å². The lowest BCUT2D eigenvalue weighted by molar-refractivity contribution is -0.139. The third-order valence-electron chi connectivity index (χ3n) is 3.00. The van der Waals surface area contributed by atoms with Crippen molar-refractivity contribution in [2.24, 2.45) is 0 Å². The van der Waals surface area contributed by atoms with E-state index < -0.39 is 17.6 Å². The number of nitrogens with one attached hydrogen (secondary N) is 2. The topological polar surface area (TPSA) is 58.2 Å². The van der Waals surface area contributed by atoms with Gasteiger partial charge in [-0.25, -0.2) is 4.39 Å². The van der Waals surface area contributed by atoms with Crippen molar-refractivity contribution in [3.63, 3.8) is 0 Å². The smallest absolute Gasteiger partial charge is 0.309 e. The first-order valence-electron chi connectivity index (χ1n) is 6.61. The number of carbonyl (C=O) groups excluding carboxylic acids is 2. The monoisotopic (exact) mass is 320 g/mol. The summed E-state index contributed by atoms with van der Waals surface area (Å²) in [6.45, 7) is 0.0939. The van der Waals surface area contributed by atoms with E-state index in [1.165, 1.54) is 12.1 Å². The average Bonchev–Trinajstić information content (AvgIpc) is 2.52. The lowest BCUT2D eigenvalue weighted by atomic mass is 10.2. The van der Waals surface area contributed by atoms with Crippen LogP contribution < -0.4 is 10.6 Å². The molecule has 0 heterocycles. The van der Waals surface area contributed by atoms with Crippen LogP contribution in [-0.2, 0) is 22.7 Å². The zero-order valence-corrected chi connectivity index (χ0v) is 12.4. The molecule has 0 saturated heterocycles. The molecule has 0 unspecified atom stereocenters. The molecule has 0 aliphatic rings. The highest BCUT2D eigenvalue weighted by atomic mass is 35.5. The van der Waals surface area contributed by atoms with Crippen molar-refractivity contribution in [2.75, 3.05) is 0 Å². The summed E-state index contributed by atoms with van der Waals surface area (Å²) >= 11 is 5.95. The molecule has 0 spiro atoms. The van der Waals surface area contributed by atoms with E-state index in [9.17, 15) is 14.0 Å². The molecule has 2 amide bonds. The fourth-order valence-electron chi connectivity index (χ4n) is 1.80. The van der Waals surface area contributed by atoms with E-state index in [4.69, 9.17) is 11.6 Å². The van der Waals surface area contributed by atoms with Gasteiger partial charge in [0.1, 0.15) is 5.82 Å². The van der Waals surface area contributed by atoms with E-state index in [1.807, 2.05) is 0 Å². The maximum absolute atomic E-state index is 13.4. The minimum Gasteiger partial charge on any atom is -0.344 e. The quantitative estimate of drug-likeness (QED) is 0.850. The first-order chi connectivity index (χ1) is 10.6. The van der Waals surface area contributed by atoms with Crippen LogP contribution in [0.5, 0.6) is 0 Å². The molecule has 22 heavy (non-hydrogen) atoms. The molecule has 2 rings (SSSR count). The maximum Gasteiger partial charge on any atom is 0.309 e. The molecule has 6 heteroatoms. The van der Waals surface area contributed by atoms with Crippen LogP contribution in [0.15, 0.2) is 48.5 Å². The average molecular weight is 321 g/mol. The van der Waals surface area contributed by atoms with Gasteiger partial charge in [0.2, 0.25) is 0 Å². The molecular weight excluding hydrogens is 307 g/mol. The summed E-state index contributed by atoms with van der Waals surface area (Å²) < 4.78 is 13.4. The van der Waals surface area contributed by atoms with Crippen LogP contribution in [0.1, 0.15) is 11.1 Å². The minimum atomic E-state index is -0.824. The predicted octanol–water partition coefficient (Wildman–Crippen LogP) is 2.41. The Balaban J connectivity index is 1.84. The highest BCUT2D eigenvalue weighted by molar-refractivity contribution is 6.35. The van der Waals surface area contributed by atoms with E-state index in [0.29, 0.717) is 16.1 Å². The molecule has 0 atom stereocenters. The maximum atomic E-state index is 13.4. The number of benzene rings is 2. The normalized spacial score (nSPS) is 10.1. The number of rotatable bonds is 4. The Hall–Kier alpha value is -2.40. The summed E-state index contributed by atoms with van der Waals surface area (Å²) in [6, 6.07) is 13.0. The highest BCUT2D eigenvalue weighted by Crippen LogP contribution is 2.14. The van der Waals surface area contributed by atoms with Gasteiger partial charge in [-0.1, -0.05) is 48.0 Å². The third-order valence-corrected chi connectivity index (χ3v) is 3.37. The highest BCUT2D eigenvalue weighted by Gasteiger charge is 2.13. The molecule has 0 aliphatic carbocycles. The van der Waals surface area contributed by atoms with Crippen molar-refractivity contribution in [1.82, 2.24) is 10.6 Å². The van der Waals surface area contributed by atoms with Gasteiger partial charge in [0.05, 0.1) is 0 Å². The fraction of sp³-hybridized carbons (Fsp3) is 0.125. The number of halogens is 2. The lowest BCUT2D eigenvalue weighted by Gasteiger charge is -2.08. The van der Waals surface area contributed by atoms with Crippen molar-refractivity contribution in [3.05, 3.63) is 70.5 Å². The minimum absolute atomic E-state index is 0.0506. The van der Waals surface area contributed by atoms with E-state index in [0.717, 1.165) is 0 Å². The molecule has 2 N–H and O–H groups in total. The zero-order valence-electron chi connectivity index (χ0n) is 11.6. The summed E-state index contributed by atoms with van der Waals surface area (Å²) in [4.78, 5) is 23.3. The largest absolute Gasteiger partial charge is 0.344 e. The number of hydrogen-bond donors (Lipinski definition) is 2. The van der Waals surface area contributed by atoms with Crippen molar-refractivity contribution >= 4 is 23.4 Å². The van der Waals surface area contributed by atoms with E-state index in [1.54, 1.807) is 36.4 Å². The molecule has 114 valence electrons. The lowest BCUT2D eigenvalue weighted by Crippen LogP contribution is -2.39. The molecule has 0 aromatic heterocycles. The van der Waals surface area contributed by atoms with Gasteiger partial charge in [-0.3, -0.25) is 9.59 Å². The number of carbonyl (C=O) groups is 2. The van der Waals surface area contributed by atoms with E-state index in [2.05, 4.69) is 10.6 Å². The second-order valence-electron chi connectivity index (χ2n) is 4.55. The van der Waals surface area contributed by atoms with Crippen molar-refractivity contribution in [3.8, 4) is 0 Å². The Morgan fingerprint density at radius 2 is 1.36 bits per heavy atom. The Labute approximate surface area is 132 Å². The van der Waals surface area contributed by atoms with Crippen LogP contribution in [0.25, 0.3) is 0 Å². The van der Waals surface area contributed by atoms with Gasteiger partial charge in [0.25, 0.3) is 0 Å². The number of amides is 2. The van der Waals surface area contributed by atoms with Gasteiger partial charge in [-0.15, -0.1) is 0 Å². The molecule has 2 aromatic rings.